The van der Waals surface area contributed by atoms with Gasteiger partial charge in [0.25, 0.3) is 0 Å². The number of sulfone groups is 1. The highest BCUT2D eigenvalue weighted by Gasteiger charge is 2.48. The Hall–Kier alpha value is 0.150. The molecule has 4 nitrogen and oxygen atoms in total. The van der Waals surface area contributed by atoms with Gasteiger partial charge in [-0.05, 0) is 12.8 Å². The third-order valence-corrected chi connectivity index (χ3v) is 7.25. The Morgan fingerprint density at radius 2 is 2.29 bits per heavy atom. The number of rotatable bonds is 2. The summed E-state index contributed by atoms with van der Waals surface area (Å²) in [7, 11) is -2.86. The van der Waals surface area contributed by atoms with Crippen LogP contribution in [-0.2, 0) is 14.6 Å². The summed E-state index contributed by atoms with van der Waals surface area (Å²) in [6, 6.07) is 0.0849. The Morgan fingerprint density at radius 1 is 1.47 bits per heavy atom. The van der Waals surface area contributed by atoms with Gasteiger partial charge in [-0.2, -0.15) is 0 Å². The molecular formula is C10H15NO3S3. The summed E-state index contributed by atoms with van der Waals surface area (Å²) >= 11 is 6.90. The third-order valence-electron chi connectivity index (χ3n) is 3.58. The van der Waals surface area contributed by atoms with Gasteiger partial charge in [-0.25, -0.2) is 8.42 Å². The summed E-state index contributed by atoms with van der Waals surface area (Å²) in [5.74, 6) is 0.544. The molecule has 0 amide bonds. The van der Waals surface area contributed by atoms with Gasteiger partial charge < -0.3 is 9.64 Å². The largest absolute Gasteiger partial charge is 0.376 e. The smallest absolute Gasteiger partial charge is 0.153 e. The first-order chi connectivity index (χ1) is 8.05. The summed E-state index contributed by atoms with van der Waals surface area (Å²) in [5, 5.41) is 0.147. The van der Waals surface area contributed by atoms with E-state index in [0.29, 0.717) is 0 Å². The summed E-state index contributed by atoms with van der Waals surface area (Å²) < 4.78 is 29.7. The predicted octanol–water partition coefficient (Wildman–Crippen LogP) is 0.665. The third kappa shape index (κ3) is 2.34. The Kier molecular flexibility index (Phi) is 3.13. The van der Waals surface area contributed by atoms with Crippen molar-refractivity contribution in [3.05, 3.63) is 0 Å². The molecule has 3 rings (SSSR count). The van der Waals surface area contributed by atoms with Crippen molar-refractivity contribution in [3.8, 4) is 0 Å². The lowest BCUT2D eigenvalue weighted by Gasteiger charge is -2.26. The van der Waals surface area contributed by atoms with Crippen LogP contribution in [0.4, 0.5) is 0 Å². The fraction of sp³-hybridized carbons (Fsp3) is 0.900. The van der Waals surface area contributed by atoms with Crippen LogP contribution >= 0.6 is 24.0 Å². The second-order valence-corrected chi connectivity index (χ2v) is 8.88. The van der Waals surface area contributed by atoms with Crippen molar-refractivity contribution in [3.63, 3.8) is 0 Å². The number of nitrogens with zero attached hydrogens (tertiary/aromatic N) is 1. The lowest BCUT2D eigenvalue weighted by atomic mass is 10.2. The van der Waals surface area contributed by atoms with E-state index < -0.39 is 9.84 Å². The summed E-state index contributed by atoms with van der Waals surface area (Å²) in [6.45, 7) is 1.59. The molecule has 17 heavy (non-hydrogen) atoms. The lowest BCUT2D eigenvalue weighted by molar-refractivity contribution is 0.0874. The molecule has 0 N–H and O–H groups in total. The molecule has 0 aromatic carbocycles. The highest BCUT2D eigenvalue weighted by atomic mass is 32.2. The minimum atomic E-state index is -2.86. The van der Waals surface area contributed by atoms with Gasteiger partial charge >= 0.3 is 0 Å². The second kappa shape index (κ2) is 4.36. The first kappa shape index (κ1) is 12.2. The molecule has 0 radical (unpaired) electrons. The molecule has 0 bridgehead atoms. The van der Waals surface area contributed by atoms with Crippen LogP contribution in [0.2, 0.25) is 0 Å². The molecule has 96 valence electrons. The number of hydrogen-bond donors (Lipinski definition) is 0. The highest BCUT2D eigenvalue weighted by molar-refractivity contribution is 8.24. The molecule has 0 spiro atoms. The number of ether oxygens (including phenoxy) is 1. The fourth-order valence-corrected chi connectivity index (χ4v) is 7.14. The minimum absolute atomic E-state index is 0.0849. The van der Waals surface area contributed by atoms with Gasteiger partial charge in [0.2, 0.25) is 0 Å². The molecule has 3 aliphatic heterocycles. The lowest BCUT2D eigenvalue weighted by Crippen LogP contribution is -2.41. The van der Waals surface area contributed by atoms with Crippen molar-refractivity contribution in [1.82, 2.24) is 4.90 Å². The average Bonchev–Trinajstić information content (AvgIpc) is 2.87. The van der Waals surface area contributed by atoms with Gasteiger partial charge in [0.05, 0.1) is 23.7 Å². The molecule has 0 unspecified atom stereocenters. The van der Waals surface area contributed by atoms with E-state index >= 15 is 0 Å². The normalized spacial score (nSPS) is 39.9. The van der Waals surface area contributed by atoms with Crippen LogP contribution in [0.1, 0.15) is 12.8 Å². The zero-order chi connectivity index (χ0) is 12.0. The van der Waals surface area contributed by atoms with Crippen molar-refractivity contribution >= 4 is 38.1 Å². The molecule has 3 heterocycles. The van der Waals surface area contributed by atoms with Crippen LogP contribution in [0.3, 0.4) is 0 Å². The summed E-state index contributed by atoms with van der Waals surface area (Å²) in [4.78, 5) is 2.09. The van der Waals surface area contributed by atoms with Gasteiger partial charge in [-0.1, -0.05) is 24.0 Å². The van der Waals surface area contributed by atoms with Crippen LogP contribution in [0.5, 0.6) is 0 Å². The van der Waals surface area contributed by atoms with Gasteiger partial charge in [0.1, 0.15) is 4.32 Å². The SMILES string of the molecule is O=S1(=O)C[C@@H]2SC(=S)N(C[C@@H]3CCCO3)[C@@H]2C1. The van der Waals surface area contributed by atoms with Crippen LogP contribution in [-0.4, -0.2) is 59.7 Å². The monoisotopic (exact) mass is 293 g/mol. The van der Waals surface area contributed by atoms with Crippen molar-refractivity contribution in [2.75, 3.05) is 24.7 Å². The van der Waals surface area contributed by atoms with Crippen molar-refractivity contribution in [2.45, 2.75) is 30.2 Å². The molecule has 7 heteroatoms. The Bertz CT molecular complexity index is 430. The van der Waals surface area contributed by atoms with E-state index in [2.05, 4.69) is 4.90 Å². The maximum absolute atomic E-state index is 11.6. The number of hydrogen-bond acceptors (Lipinski definition) is 5. The van der Waals surface area contributed by atoms with Crippen molar-refractivity contribution in [1.29, 1.82) is 0 Å². The molecule has 3 aliphatic rings. The van der Waals surface area contributed by atoms with E-state index in [4.69, 9.17) is 17.0 Å². The Balaban J connectivity index is 1.72. The van der Waals surface area contributed by atoms with Gasteiger partial charge in [-0.3, -0.25) is 0 Å². The van der Waals surface area contributed by atoms with E-state index in [1.807, 2.05) is 0 Å². The van der Waals surface area contributed by atoms with Crippen molar-refractivity contribution in [2.24, 2.45) is 0 Å². The van der Waals surface area contributed by atoms with Crippen molar-refractivity contribution < 1.29 is 13.2 Å². The second-order valence-electron chi connectivity index (χ2n) is 4.85. The minimum Gasteiger partial charge on any atom is -0.376 e. The van der Waals surface area contributed by atoms with E-state index in [0.717, 1.165) is 30.3 Å². The van der Waals surface area contributed by atoms with Crippen LogP contribution in [0, 0.1) is 0 Å². The Morgan fingerprint density at radius 3 is 3.00 bits per heavy atom. The van der Waals surface area contributed by atoms with E-state index in [-0.39, 0.29) is 28.9 Å². The quantitative estimate of drug-likeness (QED) is 0.697. The molecule has 0 saturated carbocycles. The van der Waals surface area contributed by atoms with Crippen LogP contribution < -0.4 is 0 Å². The van der Waals surface area contributed by atoms with Gasteiger partial charge in [0.15, 0.2) is 9.84 Å². The molecule has 0 aliphatic carbocycles. The maximum atomic E-state index is 11.6. The molecule has 3 atom stereocenters. The van der Waals surface area contributed by atoms with Crippen LogP contribution in [0.15, 0.2) is 0 Å². The first-order valence-corrected chi connectivity index (χ1v) is 8.95. The topological polar surface area (TPSA) is 46.6 Å². The van der Waals surface area contributed by atoms with E-state index in [9.17, 15) is 8.42 Å². The average molecular weight is 293 g/mol. The maximum Gasteiger partial charge on any atom is 0.153 e. The van der Waals surface area contributed by atoms with Gasteiger partial charge in [-0.15, -0.1) is 0 Å². The molecular weight excluding hydrogens is 278 g/mol. The van der Waals surface area contributed by atoms with E-state index in [1.165, 1.54) is 0 Å². The zero-order valence-electron chi connectivity index (χ0n) is 9.37. The standard InChI is InChI=1S/C10H15NO3S3/c12-17(13)5-8-9(6-17)16-10(15)11(8)4-7-2-1-3-14-7/h7-9H,1-6H2/t7-,8+,9-/m0/s1. The highest BCUT2D eigenvalue weighted by Crippen LogP contribution is 2.38. The molecule has 0 aromatic heterocycles. The predicted molar refractivity (Wildman–Crippen MR) is 72.1 cm³/mol. The summed E-state index contributed by atoms with van der Waals surface area (Å²) in [5.41, 5.74) is 0. The Labute approximate surface area is 111 Å². The van der Waals surface area contributed by atoms with E-state index in [1.54, 1.807) is 11.8 Å². The first-order valence-electron chi connectivity index (χ1n) is 5.84. The summed E-state index contributed by atoms with van der Waals surface area (Å²) in [6.07, 6.45) is 2.40. The number of fused-ring (bicyclic) bond motifs is 1. The number of thioether (sulfide) groups is 1. The zero-order valence-corrected chi connectivity index (χ0v) is 11.8. The number of thiocarbonyl (C=S) groups is 1. The van der Waals surface area contributed by atoms with Crippen LogP contribution in [0.25, 0.3) is 0 Å². The fourth-order valence-electron chi connectivity index (χ4n) is 2.75. The molecule has 3 fully saturated rings. The van der Waals surface area contributed by atoms with Gasteiger partial charge in [0, 0.05) is 18.4 Å². The molecule has 3 saturated heterocycles. The molecule has 0 aromatic rings.